The Bertz CT molecular complexity index is 1250. The van der Waals surface area contributed by atoms with Gasteiger partial charge in [0.25, 0.3) is 0 Å². The van der Waals surface area contributed by atoms with Crippen molar-refractivity contribution in [1.82, 2.24) is 0 Å². The summed E-state index contributed by atoms with van der Waals surface area (Å²) < 4.78 is 245. The highest BCUT2D eigenvalue weighted by Gasteiger charge is 2.83. The van der Waals surface area contributed by atoms with Gasteiger partial charge in [0.1, 0.15) is 11.4 Å². The Hall–Kier alpha value is -2.82. The molecule has 2 aromatic rings. The van der Waals surface area contributed by atoms with Gasteiger partial charge in [-0.3, -0.25) is 0 Å². The van der Waals surface area contributed by atoms with Gasteiger partial charge in [0, 0.05) is 11.1 Å². The third-order valence-electron chi connectivity index (χ3n) is 4.92. The quantitative estimate of drug-likeness (QED) is 0.210. The van der Waals surface area contributed by atoms with E-state index in [1.54, 1.807) is 0 Å². The zero-order chi connectivity index (χ0) is 27.4. The Morgan fingerprint density at radius 3 is 1.23 bits per heavy atom. The van der Waals surface area contributed by atoms with E-state index in [-0.39, 0.29) is 0 Å². The SMILES string of the molecule is Fc1c(F)c(F)c2c(c1F)-c1c(F)c(F)c(C(F)(F)C(F)(F)C(F)(F)C(F)(F)F)c(F)c1C2(F)F. The summed E-state index contributed by atoms with van der Waals surface area (Å²) in [6.07, 6.45) is -7.54. The van der Waals surface area contributed by atoms with Gasteiger partial charge in [-0.05, 0) is 0 Å². The molecule has 0 fully saturated rings. The van der Waals surface area contributed by atoms with Crippen molar-refractivity contribution in [3.63, 3.8) is 0 Å². The van der Waals surface area contributed by atoms with Crippen LogP contribution in [0.5, 0.6) is 0 Å². The van der Waals surface area contributed by atoms with E-state index in [2.05, 4.69) is 0 Å². The van der Waals surface area contributed by atoms with E-state index >= 15 is 0 Å². The first kappa shape index (κ1) is 26.8. The number of fused-ring (bicyclic) bond motifs is 3. The molecule has 0 bridgehead atoms. The van der Waals surface area contributed by atoms with Crippen LogP contribution in [-0.4, -0.2) is 18.0 Å². The Balaban J connectivity index is 2.49. The molecule has 194 valence electrons. The summed E-state index contributed by atoms with van der Waals surface area (Å²) in [6, 6.07) is 0. The lowest BCUT2D eigenvalue weighted by Gasteiger charge is -2.34. The molecular weight excluding hydrogens is 546 g/mol. The number of hydrogen-bond donors (Lipinski definition) is 0. The second-order valence-electron chi connectivity index (χ2n) is 6.87. The third kappa shape index (κ3) is 2.99. The van der Waals surface area contributed by atoms with E-state index in [0.29, 0.717) is 0 Å². The highest BCUT2D eigenvalue weighted by Crippen LogP contribution is 2.61. The van der Waals surface area contributed by atoms with Gasteiger partial charge in [-0.1, -0.05) is 0 Å². The molecule has 0 aromatic heterocycles. The van der Waals surface area contributed by atoms with Gasteiger partial charge < -0.3 is 0 Å². The molecule has 35 heavy (non-hydrogen) atoms. The fourth-order valence-corrected chi connectivity index (χ4v) is 3.28. The first-order valence-electron chi connectivity index (χ1n) is 8.15. The van der Waals surface area contributed by atoms with E-state index in [1.807, 2.05) is 0 Å². The van der Waals surface area contributed by atoms with Crippen molar-refractivity contribution in [3.8, 4) is 11.1 Å². The number of rotatable bonds is 3. The molecule has 0 saturated heterocycles. The second-order valence-corrected chi connectivity index (χ2v) is 6.87. The topological polar surface area (TPSA) is 0 Å². The number of hydrogen-bond acceptors (Lipinski definition) is 0. The Labute approximate surface area is 178 Å². The molecule has 0 heterocycles. The standard InChI is InChI=1S/C17F18/c18-6-1-2-4(9(21)12(24)11(23)7(2)19)13(25,26)3(1)8(20)5(10(6)22)14(27,28)15(29,30)16(31,32)17(33,34)35. The molecule has 0 nitrogen and oxygen atoms in total. The van der Waals surface area contributed by atoms with Crippen LogP contribution in [0.25, 0.3) is 11.1 Å². The summed E-state index contributed by atoms with van der Waals surface area (Å²) >= 11 is 0. The minimum atomic E-state index is -7.88. The van der Waals surface area contributed by atoms with Gasteiger partial charge in [-0.25, -0.2) is 30.7 Å². The highest BCUT2D eigenvalue weighted by molar-refractivity contribution is 5.81. The zero-order valence-corrected chi connectivity index (χ0v) is 15.3. The third-order valence-corrected chi connectivity index (χ3v) is 4.92. The summed E-state index contributed by atoms with van der Waals surface area (Å²) in [5, 5.41) is 0. The lowest BCUT2D eigenvalue weighted by molar-refractivity contribution is -0.400. The molecule has 0 N–H and O–H groups in total. The van der Waals surface area contributed by atoms with Crippen molar-refractivity contribution < 1.29 is 79.0 Å². The average molecular weight is 546 g/mol. The van der Waals surface area contributed by atoms with Crippen molar-refractivity contribution in [1.29, 1.82) is 0 Å². The maximum Gasteiger partial charge on any atom is 0.460 e. The Kier molecular flexibility index (Phi) is 5.44. The monoisotopic (exact) mass is 546 g/mol. The first-order valence-corrected chi connectivity index (χ1v) is 8.15. The molecular formula is C17F18. The molecule has 2 aromatic carbocycles. The largest absolute Gasteiger partial charge is 0.460 e. The van der Waals surface area contributed by atoms with Crippen LogP contribution in [0.15, 0.2) is 0 Å². The normalized spacial score (nSPS) is 15.9. The minimum Gasteiger partial charge on any atom is -0.206 e. The fraction of sp³-hybridized carbons (Fsp3) is 0.294. The summed E-state index contributed by atoms with van der Waals surface area (Å²) in [4.78, 5) is 0. The van der Waals surface area contributed by atoms with Crippen LogP contribution in [0.3, 0.4) is 0 Å². The zero-order valence-electron chi connectivity index (χ0n) is 15.3. The van der Waals surface area contributed by atoms with Gasteiger partial charge >= 0.3 is 29.9 Å². The van der Waals surface area contributed by atoms with E-state index < -0.39 is 98.4 Å². The van der Waals surface area contributed by atoms with Crippen LogP contribution < -0.4 is 0 Å². The molecule has 3 rings (SSSR count). The molecule has 0 atom stereocenters. The molecule has 1 aliphatic carbocycles. The van der Waals surface area contributed by atoms with Crippen molar-refractivity contribution in [2.75, 3.05) is 0 Å². The number of halogens is 18. The van der Waals surface area contributed by atoms with Crippen molar-refractivity contribution in [2.45, 2.75) is 29.9 Å². The van der Waals surface area contributed by atoms with E-state index in [9.17, 15) is 79.0 Å². The predicted octanol–water partition coefficient (Wildman–Crippen LogP) is 7.71. The molecule has 0 aliphatic heterocycles. The average Bonchev–Trinajstić information content (AvgIpc) is 2.95. The second kappa shape index (κ2) is 7.11. The smallest absolute Gasteiger partial charge is 0.206 e. The number of benzene rings is 2. The molecule has 0 unspecified atom stereocenters. The minimum absolute atomic E-state index is 2.50. The fourth-order valence-electron chi connectivity index (χ4n) is 3.28. The maximum atomic E-state index is 14.6. The van der Waals surface area contributed by atoms with Crippen molar-refractivity contribution in [3.05, 3.63) is 57.4 Å². The summed E-state index contributed by atoms with van der Waals surface area (Å²) in [7, 11) is 0. The first-order chi connectivity index (χ1) is 15.5. The summed E-state index contributed by atoms with van der Waals surface area (Å²) in [5.74, 6) is -52.2. The molecule has 1 aliphatic rings. The molecule has 0 radical (unpaired) electrons. The predicted molar refractivity (Wildman–Crippen MR) is 74.4 cm³/mol. The van der Waals surface area contributed by atoms with E-state index in [4.69, 9.17) is 0 Å². The molecule has 18 heteroatoms. The van der Waals surface area contributed by atoms with Gasteiger partial charge in [-0.2, -0.15) is 48.3 Å². The van der Waals surface area contributed by atoms with E-state index in [0.717, 1.165) is 0 Å². The van der Waals surface area contributed by atoms with Crippen LogP contribution in [0.1, 0.15) is 16.7 Å². The lowest BCUT2D eigenvalue weighted by atomic mass is 9.91. The Morgan fingerprint density at radius 2 is 0.800 bits per heavy atom. The molecule has 0 spiro atoms. The molecule has 0 amide bonds. The van der Waals surface area contributed by atoms with Gasteiger partial charge in [0.2, 0.25) is 0 Å². The van der Waals surface area contributed by atoms with Crippen LogP contribution in [0, 0.1) is 40.7 Å². The van der Waals surface area contributed by atoms with Crippen molar-refractivity contribution in [2.24, 2.45) is 0 Å². The summed E-state index contributed by atoms with van der Waals surface area (Å²) in [6.45, 7) is 0. The molecule has 0 saturated carbocycles. The highest BCUT2D eigenvalue weighted by atomic mass is 19.4. The Morgan fingerprint density at radius 1 is 0.429 bits per heavy atom. The lowest BCUT2D eigenvalue weighted by Crippen LogP contribution is -2.60. The van der Waals surface area contributed by atoms with Crippen molar-refractivity contribution >= 4 is 0 Å². The van der Waals surface area contributed by atoms with Crippen LogP contribution in [-0.2, 0) is 11.8 Å². The van der Waals surface area contributed by atoms with Crippen LogP contribution in [0.4, 0.5) is 79.0 Å². The summed E-state index contributed by atoms with van der Waals surface area (Å²) in [5.41, 5.74) is -15.3. The van der Waals surface area contributed by atoms with E-state index in [1.165, 1.54) is 0 Å². The van der Waals surface area contributed by atoms with Gasteiger partial charge in [0.05, 0.1) is 11.1 Å². The van der Waals surface area contributed by atoms with Crippen LogP contribution >= 0.6 is 0 Å². The van der Waals surface area contributed by atoms with Gasteiger partial charge in [0.15, 0.2) is 34.9 Å². The van der Waals surface area contributed by atoms with Crippen LogP contribution in [0.2, 0.25) is 0 Å². The number of alkyl halides is 11. The maximum absolute atomic E-state index is 14.6. The van der Waals surface area contributed by atoms with Gasteiger partial charge in [-0.15, -0.1) is 0 Å².